The van der Waals surface area contributed by atoms with Gasteiger partial charge in [-0.1, -0.05) is 175 Å². The summed E-state index contributed by atoms with van der Waals surface area (Å²) < 4.78 is 6.44. The molecule has 0 N–H and O–H groups in total. The van der Waals surface area contributed by atoms with Gasteiger partial charge in [-0.3, -0.25) is 0 Å². The summed E-state index contributed by atoms with van der Waals surface area (Å²) in [6.45, 7) is -0.164. The topological polar surface area (TPSA) is 29.5 Å². The van der Waals surface area contributed by atoms with Crippen molar-refractivity contribution in [3.8, 4) is 50.3 Å². The van der Waals surface area contributed by atoms with Crippen molar-refractivity contribution in [1.82, 2.24) is 0 Å². The van der Waals surface area contributed by atoms with Crippen LogP contribution in [0, 0.1) is 0 Å². The van der Waals surface area contributed by atoms with E-state index in [-0.39, 0.29) is 6.71 Å². The van der Waals surface area contributed by atoms with E-state index in [1.165, 1.54) is 16.6 Å². The summed E-state index contributed by atoms with van der Waals surface area (Å²) >= 11 is 0. The second kappa shape index (κ2) is 11.8. The molecule has 0 saturated heterocycles. The summed E-state index contributed by atoms with van der Waals surface area (Å²) in [6.07, 6.45) is -0.397. The molecule has 51 heavy (non-hydrogen) atoms. The van der Waals surface area contributed by atoms with Crippen molar-refractivity contribution in [2.45, 2.75) is 0 Å². The van der Waals surface area contributed by atoms with E-state index in [9.17, 15) is 4.79 Å². The Morgan fingerprint density at radius 1 is 0.431 bits per heavy atom. The third-order valence-electron chi connectivity index (χ3n) is 10.4. The first kappa shape index (κ1) is 29.3. The van der Waals surface area contributed by atoms with Crippen LogP contribution >= 0.6 is 0 Å². The van der Waals surface area contributed by atoms with E-state index in [0.717, 1.165) is 66.5 Å². The van der Waals surface area contributed by atoms with Crippen LogP contribution in [-0.2, 0) is 0 Å². The summed E-state index contributed by atoms with van der Waals surface area (Å²) in [5, 5.41) is 1.98. The van der Waals surface area contributed by atoms with Crippen molar-refractivity contribution in [3.05, 3.63) is 182 Å². The summed E-state index contributed by atoms with van der Waals surface area (Å²) in [5.74, 6) is 0.603. The number of benzene rings is 8. The van der Waals surface area contributed by atoms with Crippen molar-refractivity contribution in [1.29, 1.82) is 0 Å². The zero-order valence-corrected chi connectivity index (χ0v) is 27.7. The SMILES string of the molecule is O=C1Oc2c(-c3ccccc3-c3ccccc3)ccc3ccc4c(c23)N1c1ccccc1B4c1c(-c2ccccc2)cccc1-c1ccccc1. The minimum Gasteiger partial charge on any atom is -0.408 e. The van der Waals surface area contributed by atoms with E-state index in [1.807, 2.05) is 18.2 Å². The molecular weight excluding hydrogens is 621 g/mol. The van der Waals surface area contributed by atoms with E-state index < -0.39 is 6.09 Å². The van der Waals surface area contributed by atoms with Gasteiger partial charge in [-0.05, 0) is 67.4 Å². The van der Waals surface area contributed by atoms with Gasteiger partial charge < -0.3 is 4.74 Å². The first-order valence-electron chi connectivity index (χ1n) is 17.4. The van der Waals surface area contributed by atoms with E-state index in [0.29, 0.717) is 5.75 Å². The molecule has 2 heterocycles. The number of anilines is 2. The third kappa shape index (κ3) is 4.57. The van der Waals surface area contributed by atoms with Crippen LogP contribution in [0.5, 0.6) is 5.75 Å². The highest BCUT2D eigenvalue weighted by molar-refractivity contribution is 6.99. The van der Waals surface area contributed by atoms with Gasteiger partial charge in [0.05, 0.1) is 5.69 Å². The largest absolute Gasteiger partial charge is 0.424 e. The van der Waals surface area contributed by atoms with Crippen LogP contribution in [-0.4, -0.2) is 12.8 Å². The fourth-order valence-corrected chi connectivity index (χ4v) is 8.24. The molecule has 0 aliphatic carbocycles. The summed E-state index contributed by atoms with van der Waals surface area (Å²) in [4.78, 5) is 16.2. The van der Waals surface area contributed by atoms with Gasteiger partial charge in [0.2, 0.25) is 6.71 Å². The molecule has 0 bridgehead atoms. The molecule has 0 unspecified atom stereocenters. The molecule has 8 aromatic rings. The van der Waals surface area contributed by atoms with Crippen molar-refractivity contribution >= 4 is 51.3 Å². The average molecular weight is 652 g/mol. The Hall–Kier alpha value is -6.65. The first-order valence-corrected chi connectivity index (χ1v) is 17.4. The summed E-state index contributed by atoms with van der Waals surface area (Å²) in [5.41, 5.74) is 13.8. The lowest BCUT2D eigenvalue weighted by molar-refractivity contribution is 0.210. The Morgan fingerprint density at radius 2 is 0.961 bits per heavy atom. The van der Waals surface area contributed by atoms with Crippen molar-refractivity contribution in [2.24, 2.45) is 0 Å². The van der Waals surface area contributed by atoms with Gasteiger partial charge in [0, 0.05) is 16.6 Å². The molecule has 0 atom stereocenters. The third-order valence-corrected chi connectivity index (χ3v) is 10.4. The Bertz CT molecular complexity index is 2580. The average Bonchev–Trinajstić information content (AvgIpc) is 3.20. The zero-order valence-electron chi connectivity index (χ0n) is 27.7. The van der Waals surface area contributed by atoms with E-state index in [1.54, 1.807) is 4.90 Å². The quantitative estimate of drug-likeness (QED) is 0.174. The highest BCUT2D eigenvalue weighted by Gasteiger charge is 2.43. The lowest BCUT2D eigenvalue weighted by atomic mass is 9.33. The Labute approximate surface area is 297 Å². The molecule has 8 aromatic carbocycles. The lowest BCUT2D eigenvalue weighted by Crippen LogP contribution is -2.60. The van der Waals surface area contributed by atoms with Crippen LogP contribution in [0.1, 0.15) is 0 Å². The molecule has 2 aliphatic rings. The minimum atomic E-state index is -0.397. The van der Waals surface area contributed by atoms with Gasteiger partial charge >= 0.3 is 6.09 Å². The number of rotatable bonds is 5. The highest BCUT2D eigenvalue weighted by atomic mass is 16.6. The maximum Gasteiger partial charge on any atom is 0.424 e. The number of hydrogen-bond donors (Lipinski definition) is 0. The molecule has 0 fully saturated rings. The molecule has 0 radical (unpaired) electrons. The maximum atomic E-state index is 14.4. The zero-order chi connectivity index (χ0) is 33.9. The van der Waals surface area contributed by atoms with E-state index in [4.69, 9.17) is 4.74 Å². The first-order chi connectivity index (χ1) is 25.3. The smallest absolute Gasteiger partial charge is 0.408 e. The van der Waals surface area contributed by atoms with Crippen LogP contribution < -0.4 is 26.0 Å². The molecule has 1 amide bonds. The molecule has 238 valence electrons. The number of para-hydroxylation sites is 1. The minimum absolute atomic E-state index is 0.164. The number of hydrogen-bond acceptors (Lipinski definition) is 2. The number of fused-ring (bicyclic) bond motifs is 2. The molecule has 2 aliphatic heterocycles. The Kier molecular flexibility index (Phi) is 6.75. The Morgan fingerprint density at radius 3 is 1.63 bits per heavy atom. The van der Waals surface area contributed by atoms with Gasteiger partial charge in [-0.15, -0.1) is 0 Å². The van der Waals surface area contributed by atoms with E-state index in [2.05, 4.69) is 164 Å². The van der Waals surface area contributed by atoms with E-state index >= 15 is 0 Å². The van der Waals surface area contributed by atoms with Gasteiger partial charge in [0.25, 0.3) is 0 Å². The monoisotopic (exact) mass is 651 g/mol. The maximum absolute atomic E-state index is 14.4. The Balaban J connectivity index is 1.30. The van der Waals surface area contributed by atoms with Crippen molar-refractivity contribution in [3.63, 3.8) is 0 Å². The van der Waals surface area contributed by atoms with Gasteiger partial charge in [-0.25, -0.2) is 9.69 Å². The van der Waals surface area contributed by atoms with Crippen LogP contribution in [0.3, 0.4) is 0 Å². The number of carbonyl (C=O) groups is 1. The predicted octanol–water partition coefficient (Wildman–Crippen LogP) is 9.99. The predicted molar refractivity (Wildman–Crippen MR) is 211 cm³/mol. The molecule has 10 rings (SSSR count). The second-order valence-electron chi connectivity index (χ2n) is 13.1. The molecule has 3 nitrogen and oxygen atoms in total. The van der Waals surface area contributed by atoms with Crippen molar-refractivity contribution in [2.75, 3.05) is 4.90 Å². The van der Waals surface area contributed by atoms with Crippen LogP contribution in [0.25, 0.3) is 55.3 Å². The normalized spacial score (nSPS) is 12.8. The molecule has 4 heteroatoms. The van der Waals surface area contributed by atoms with Crippen molar-refractivity contribution < 1.29 is 9.53 Å². The lowest BCUT2D eigenvalue weighted by Gasteiger charge is -2.39. The van der Waals surface area contributed by atoms with Crippen LogP contribution in [0.15, 0.2) is 182 Å². The molecule has 0 aromatic heterocycles. The molecule has 0 saturated carbocycles. The van der Waals surface area contributed by atoms with Gasteiger partial charge in [0.1, 0.15) is 0 Å². The number of carbonyl (C=O) groups excluding carboxylic acids is 1. The number of ether oxygens (including phenoxy) is 1. The molecule has 0 spiro atoms. The molecular formula is C47H30BNO2. The highest BCUT2D eigenvalue weighted by Crippen LogP contribution is 2.49. The number of amides is 1. The fourth-order valence-electron chi connectivity index (χ4n) is 8.24. The second-order valence-corrected chi connectivity index (χ2v) is 13.1. The van der Waals surface area contributed by atoms with Crippen LogP contribution in [0.2, 0.25) is 0 Å². The standard InChI is InChI=1S/C47H30BNO2/c50-47-49-42-26-13-12-25-40(42)48(44-36(32-17-6-2-7-18-32)23-14-24-37(44)33-19-8-3-9-20-33)41-30-28-34-27-29-39(46(51-47)43(34)45(41)49)38-22-11-10-21-35(38)31-15-4-1-5-16-31/h1-30H. The van der Waals surface area contributed by atoms with Crippen LogP contribution in [0.4, 0.5) is 16.2 Å². The summed E-state index contributed by atoms with van der Waals surface area (Å²) in [6, 6.07) is 63.6. The number of nitrogens with zero attached hydrogens (tertiary/aromatic N) is 1. The van der Waals surface area contributed by atoms with Gasteiger partial charge in [-0.2, -0.15) is 0 Å². The summed E-state index contributed by atoms with van der Waals surface area (Å²) in [7, 11) is 0. The fraction of sp³-hybridized carbons (Fsp3) is 0. The van der Waals surface area contributed by atoms with Gasteiger partial charge in [0.15, 0.2) is 5.75 Å².